The molecule has 0 saturated carbocycles. The monoisotopic (exact) mass is 512 g/mol. The number of benzene rings is 2. The van der Waals surface area contributed by atoms with Crippen LogP contribution in [0.4, 0.5) is 17.8 Å². The average molecular weight is 513 g/mol. The Morgan fingerprint density at radius 2 is 1.61 bits per heavy atom. The zero-order chi connectivity index (χ0) is 26.2. The molecule has 196 valence electrons. The fourth-order valence-electron chi connectivity index (χ4n) is 4.59. The highest BCUT2D eigenvalue weighted by atomic mass is 16.5. The number of hydrazone groups is 1. The van der Waals surface area contributed by atoms with E-state index in [1.165, 1.54) is 0 Å². The molecule has 5 rings (SSSR count). The van der Waals surface area contributed by atoms with Crippen LogP contribution in [-0.4, -0.2) is 54.0 Å². The molecule has 0 unspecified atom stereocenters. The van der Waals surface area contributed by atoms with Crippen molar-refractivity contribution in [3.63, 3.8) is 0 Å². The second-order valence-corrected chi connectivity index (χ2v) is 9.21. The Morgan fingerprint density at radius 1 is 0.921 bits per heavy atom. The topological polar surface area (TPSA) is 112 Å². The second-order valence-electron chi connectivity index (χ2n) is 9.21. The molecule has 0 aliphatic carbocycles. The summed E-state index contributed by atoms with van der Waals surface area (Å²) in [5.74, 6) is 3.05. The summed E-state index contributed by atoms with van der Waals surface area (Å²) in [6.07, 6.45) is 6.31. The van der Waals surface area contributed by atoms with E-state index >= 15 is 0 Å². The lowest BCUT2D eigenvalue weighted by molar-refractivity contribution is 0.269. The molecule has 10 heteroatoms. The first kappa shape index (κ1) is 25.3. The number of nitrogens with zero attached hydrogens (tertiary/aromatic N) is 7. The summed E-state index contributed by atoms with van der Waals surface area (Å²) < 4.78 is 11.8. The fourth-order valence-corrected chi connectivity index (χ4v) is 4.59. The maximum atomic E-state index is 9.33. The molecule has 2 aromatic carbocycles. The van der Waals surface area contributed by atoms with Crippen molar-refractivity contribution < 1.29 is 9.47 Å². The van der Waals surface area contributed by atoms with Gasteiger partial charge < -0.3 is 19.3 Å². The summed E-state index contributed by atoms with van der Waals surface area (Å²) in [7, 11) is 0. The molecule has 1 aromatic heterocycles. The number of rotatable bonds is 10. The normalized spacial score (nSPS) is 15.2. The minimum absolute atomic E-state index is 0.275. The van der Waals surface area contributed by atoms with Crippen LogP contribution in [0, 0.1) is 11.3 Å². The van der Waals surface area contributed by atoms with Crippen molar-refractivity contribution in [1.29, 1.82) is 5.26 Å². The maximum absolute atomic E-state index is 9.33. The highest BCUT2D eigenvalue weighted by molar-refractivity contribution is 5.81. The maximum Gasteiger partial charge on any atom is 0.250 e. The number of anilines is 3. The van der Waals surface area contributed by atoms with Gasteiger partial charge in [0, 0.05) is 31.7 Å². The Labute approximate surface area is 222 Å². The smallest absolute Gasteiger partial charge is 0.250 e. The van der Waals surface area contributed by atoms with Crippen LogP contribution in [0.1, 0.15) is 49.3 Å². The van der Waals surface area contributed by atoms with Crippen LogP contribution in [0.5, 0.6) is 11.5 Å². The minimum Gasteiger partial charge on any atom is -0.490 e. The summed E-state index contributed by atoms with van der Waals surface area (Å²) in [5.41, 5.74) is 5.25. The van der Waals surface area contributed by atoms with Crippen LogP contribution in [-0.2, 0) is 6.61 Å². The van der Waals surface area contributed by atoms with Gasteiger partial charge >= 0.3 is 0 Å². The Kier molecular flexibility index (Phi) is 8.13. The lowest BCUT2D eigenvalue weighted by atomic mass is 10.1. The minimum atomic E-state index is 0.275. The quantitative estimate of drug-likeness (QED) is 0.313. The lowest BCUT2D eigenvalue weighted by Gasteiger charge is -2.20. The molecule has 2 aliphatic heterocycles. The molecule has 0 atom stereocenters. The van der Waals surface area contributed by atoms with Gasteiger partial charge in [-0.05, 0) is 62.4 Å². The molecule has 1 N–H and O–H groups in total. The van der Waals surface area contributed by atoms with Crippen LogP contribution < -0.4 is 24.7 Å². The van der Waals surface area contributed by atoms with Crippen molar-refractivity contribution in [1.82, 2.24) is 15.0 Å². The van der Waals surface area contributed by atoms with E-state index in [9.17, 15) is 5.26 Å². The van der Waals surface area contributed by atoms with Crippen LogP contribution in [0.15, 0.2) is 47.6 Å². The van der Waals surface area contributed by atoms with E-state index in [-0.39, 0.29) is 6.61 Å². The predicted octanol–water partition coefficient (Wildman–Crippen LogP) is 4.37. The van der Waals surface area contributed by atoms with Gasteiger partial charge in [0.25, 0.3) is 0 Å². The standard InChI is InChI=1S/C28H32N8O2/c1-2-37-25-17-21(11-12-24(25)38-20-23-10-4-3-9-22(23)18-29)19-30-34-26-31-27(35-13-5-6-14-35)33-28(32-26)36-15-7-8-16-36/h3-4,9-12,17,19H,2,5-8,13-16,20H2,1H3,(H,31,32,33,34)/b30-19+. The summed E-state index contributed by atoms with van der Waals surface area (Å²) in [5, 5.41) is 13.7. The largest absolute Gasteiger partial charge is 0.490 e. The molecule has 2 saturated heterocycles. The number of hydrogen-bond donors (Lipinski definition) is 1. The first-order valence-electron chi connectivity index (χ1n) is 13.2. The van der Waals surface area contributed by atoms with Gasteiger partial charge in [-0.2, -0.15) is 25.3 Å². The Hall–Kier alpha value is -4.39. The van der Waals surface area contributed by atoms with Crippen molar-refractivity contribution in [2.45, 2.75) is 39.2 Å². The molecule has 2 aliphatic rings. The highest BCUT2D eigenvalue weighted by Gasteiger charge is 2.21. The van der Waals surface area contributed by atoms with E-state index in [0.29, 0.717) is 41.5 Å². The Bertz CT molecular complexity index is 1280. The van der Waals surface area contributed by atoms with E-state index in [4.69, 9.17) is 14.5 Å². The van der Waals surface area contributed by atoms with Gasteiger partial charge in [-0.15, -0.1) is 0 Å². The summed E-state index contributed by atoms with van der Waals surface area (Å²) in [6.45, 7) is 6.54. The predicted molar refractivity (Wildman–Crippen MR) is 147 cm³/mol. The Balaban J connectivity index is 1.30. The van der Waals surface area contributed by atoms with Gasteiger partial charge in [-0.25, -0.2) is 5.43 Å². The molecule has 3 aromatic rings. The molecule has 0 bridgehead atoms. The first-order valence-corrected chi connectivity index (χ1v) is 13.2. The molecular formula is C28H32N8O2. The number of nitriles is 1. The third-order valence-electron chi connectivity index (χ3n) is 6.56. The zero-order valence-corrected chi connectivity index (χ0v) is 21.6. The summed E-state index contributed by atoms with van der Waals surface area (Å²) >= 11 is 0. The van der Waals surface area contributed by atoms with Gasteiger partial charge in [0.2, 0.25) is 17.8 Å². The van der Waals surface area contributed by atoms with E-state index in [1.54, 1.807) is 12.3 Å². The molecule has 38 heavy (non-hydrogen) atoms. The van der Waals surface area contributed by atoms with E-state index < -0.39 is 0 Å². The van der Waals surface area contributed by atoms with Crippen LogP contribution >= 0.6 is 0 Å². The van der Waals surface area contributed by atoms with Crippen LogP contribution in [0.25, 0.3) is 0 Å². The van der Waals surface area contributed by atoms with Gasteiger partial charge in [0.15, 0.2) is 11.5 Å². The van der Waals surface area contributed by atoms with Crippen molar-refractivity contribution in [2.75, 3.05) is 48.0 Å². The second kappa shape index (κ2) is 12.2. The molecule has 10 nitrogen and oxygen atoms in total. The molecular weight excluding hydrogens is 480 g/mol. The van der Waals surface area contributed by atoms with E-state index in [1.807, 2.05) is 43.3 Å². The third kappa shape index (κ3) is 6.11. The molecule has 2 fully saturated rings. The number of hydrogen-bond acceptors (Lipinski definition) is 10. The SMILES string of the molecule is CCOc1cc(/C=N/Nc2nc(N3CCCC3)nc(N3CCCC3)n2)ccc1OCc1ccccc1C#N. The van der Waals surface area contributed by atoms with Crippen LogP contribution in [0.2, 0.25) is 0 Å². The number of aromatic nitrogens is 3. The molecule has 0 spiro atoms. The van der Waals surface area contributed by atoms with Crippen molar-refractivity contribution in [3.8, 4) is 17.6 Å². The number of ether oxygens (including phenoxy) is 2. The third-order valence-corrected chi connectivity index (χ3v) is 6.56. The molecule has 3 heterocycles. The average Bonchev–Trinajstić information content (AvgIpc) is 3.68. The lowest BCUT2D eigenvalue weighted by Crippen LogP contribution is -2.25. The van der Waals surface area contributed by atoms with E-state index in [2.05, 4.69) is 36.4 Å². The fraction of sp³-hybridized carbons (Fsp3) is 0.393. The van der Waals surface area contributed by atoms with Gasteiger partial charge in [0.05, 0.1) is 24.5 Å². The molecule has 0 radical (unpaired) electrons. The Morgan fingerprint density at radius 3 is 2.26 bits per heavy atom. The zero-order valence-electron chi connectivity index (χ0n) is 21.6. The van der Waals surface area contributed by atoms with Crippen molar-refractivity contribution >= 4 is 24.1 Å². The van der Waals surface area contributed by atoms with Gasteiger partial charge in [-0.1, -0.05) is 18.2 Å². The van der Waals surface area contributed by atoms with Crippen molar-refractivity contribution in [3.05, 3.63) is 59.2 Å². The van der Waals surface area contributed by atoms with Gasteiger partial charge in [-0.3, -0.25) is 0 Å². The van der Waals surface area contributed by atoms with E-state index in [0.717, 1.165) is 63.0 Å². The summed E-state index contributed by atoms with van der Waals surface area (Å²) in [6, 6.07) is 15.2. The van der Waals surface area contributed by atoms with Crippen LogP contribution in [0.3, 0.4) is 0 Å². The number of nitrogens with one attached hydrogen (secondary N) is 1. The highest BCUT2D eigenvalue weighted by Crippen LogP contribution is 2.29. The van der Waals surface area contributed by atoms with Gasteiger partial charge in [0.1, 0.15) is 6.61 Å². The molecule has 0 amide bonds. The first-order chi connectivity index (χ1) is 18.7. The summed E-state index contributed by atoms with van der Waals surface area (Å²) in [4.78, 5) is 18.4. The van der Waals surface area contributed by atoms with Crippen molar-refractivity contribution in [2.24, 2.45) is 5.10 Å².